The molecule has 0 aliphatic rings. The second kappa shape index (κ2) is 16.4. The fraction of sp³-hybridized carbons (Fsp3) is 0.0833. The third-order valence-electron chi connectivity index (χ3n) is 9.45. The molecule has 0 fully saturated rings. The van der Waals surface area contributed by atoms with E-state index in [0.717, 1.165) is 45.7 Å². The van der Waals surface area contributed by atoms with E-state index in [-0.39, 0.29) is 0 Å². The first-order chi connectivity index (χ1) is 25.8. The molecular weight excluding hydrogens is 670 g/mol. The van der Waals surface area contributed by atoms with Gasteiger partial charge in [0.15, 0.2) is 0 Å². The van der Waals surface area contributed by atoms with Crippen molar-refractivity contribution in [2.24, 2.45) is 0 Å². The van der Waals surface area contributed by atoms with Crippen molar-refractivity contribution in [2.45, 2.75) is 0 Å². The van der Waals surface area contributed by atoms with Gasteiger partial charge in [-0.25, -0.2) is 0 Å². The standard InChI is InChI=1S/C48H40O2P2/c1-5-19-39(20-6-1)51(40-21-7-2-8-22-40)35-33-49-45-31-29-37-17-13-15-27-43(37)47(45)48-44-28-16-14-18-38(44)30-32-46(48)50-34-36-52(41-23-9-3-10-24-41)42-25-11-4-12-26-42/h1-32H,33-36H2. The Balaban J connectivity index is 1.15. The van der Waals surface area contributed by atoms with Crippen molar-refractivity contribution < 1.29 is 9.47 Å². The summed E-state index contributed by atoms with van der Waals surface area (Å²) in [5.74, 6) is 1.76. The maximum atomic E-state index is 6.90. The lowest BCUT2D eigenvalue weighted by Gasteiger charge is -2.23. The average molecular weight is 711 g/mol. The molecule has 0 atom stereocenters. The summed E-state index contributed by atoms with van der Waals surface area (Å²) in [6.45, 7) is 1.19. The molecule has 8 rings (SSSR count). The summed E-state index contributed by atoms with van der Waals surface area (Å²) >= 11 is 0. The van der Waals surface area contributed by atoms with Crippen LogP contribution in [0.1, 0.15) is 0 Å². The van der Waals surface area contributed by atoms with Gasteiger partial charge in [0.1, 0.15) is 11.5 Å². The van der Waals surface area contributed by atoms with E-state index in [0.29, 0.717) is 13.2 Å². The molecule has 0 saturated carbocycles. The summed E-state index contributed by atoms with van der Waals surface area (Å²) in [7, 11) is -1.16. The van der Waals surface area contributed by atoms with Crippen LogP contribution in [0.15, 0.2) is 194 Å². The molecule has 0 spiro atoms. The largest absolute Gasteiger partial charge is 0.493 e. The highest BCUT2D eigenvalue weighted by atomic mass is 31.1. The molecule has 2 nitrogen and oxygen atoms in total. The summed E-state index contributed by atoms with van der Waals surface area (Å²) < 4.78 is 13.8. The van der Waals surface area contributed by atoms with E-state index >= 15 is 0 Å². The van der Waals surface area contributed by atoms with Crippen molar-refractivity contribution in [3.63, 3.8) is 0 Å². The summed E-state index contributed by atoms with van der Waals surface area (Å²) in [5.41, 5.74) is 2.17. The minimum atomic E-state index is -0.581. The van der Waals surface area contributed by atoms with Crippen LogP contribution >= 0.6 is 15.8 Å². The Kier molecular flexibility index (Phi) is 10.7. The molecule has 254 valence electrons. The molecule has 0 aliphatic heterocycles. The zero-order valence-corrected chi connectivity index (χ0v) is 30.8. The summed E-state index contributed by atoms with van der Waals surface area (Å²) in [6, 6.07) is 69.4. The summed E-state index contributed by atoms with van der Waals surface area (Å²) in [5, 5.41) is 10.1. The van der Waals surface area contributed by atoms with Gasteiger partial charge in [-0.1, -0.05) is 182 Å². The summed E-state index contributed by atoms with van der Waals surface area (Å²) in [4.78, 5) is 0. The molecule has 0 aliphatic carbocycles. The van der Waals surface area contributed by atoms with Crippen LogP contribution in [-0.4, -0.2) is 25.5 Å². The number of hydrogen-bond donors (Lipinski definition) is 0. The molecule has 8 aromatic rings. The Bertz CT molecular complexity index is 2120. The van der Waals surface area contributed by atoms with Gasteiger partial charge >= 0.3 is 0 Å². The number of hydrogen-bond acceptors (Lipinski definition) is 2. The molecule has 0 saturated heterocycles. The van der Waals surface area contributed by atoms with Crippen LogP contribution in [0.2, 0.25) is 0 Å². The van der Waals surface area contributed by atoms with Gasteiger partial charge in [-0.15, -0.1) is 0 Å². The van der Waals surface area contributed by atoms with E-state index in [1.165, 1.54) is 32.0 Å². The number of ether oxygens (including phenoxy) is 2. The van der Waals surface area contributed by atoms with Gasteiger partial charge in [-0.2, -0.15) is 0 Å². The molecule has 0 unspecified atom stereocenters. The van der Waals surface area contributed by atoms with E-state index in [2.05, 4.69) is 194 Å². The third kappa shape index (κ3) is 7.51. The zero-order chi connectivity index (χ0) is 35.0. The minimum absolute atomic E-state index is 0.581. The SMILES string of the molecule is c1ccc(P(CCOc2ccc3ccccc3c2-c2c(OCCP(c3ccccc3)c3ccccc3)ccc3ccccc23)c2ccccc2)cc1. The normalized spacial score (nSPS) is 11.3. The fourth-order valence-electron chi connectivity index (χ4n) is 7.00. The van der Waals surface area contributed by atoms with Crippen molar-refractivity contribution in [2.75, 3.05) is 25.5 Å². The zero-order valence-electron chi connectivity index (χ0n) is 29.0. The van der Waals surface area contributed by atoms with Crippen molar-refractivity contribution in [3.8, 4) is 22.6 Å². The first-order valence-corrected chi connectivity index (χ1v) is 20.9. The maximum Gasteiger partial charge on any atom is 0.127 e. The van der Waals surface area contributed by atoms with E-state index in [1.807, 2.05) is 0 Å². The monoisotopic (exact) mass is 710 g/mol. The third-order valence-corrected chi connectivity index (χ3v) is 14.4. The van der Waals surface area contributed by atoms with E-state index in [4.69, 9.17) is 9.47 Å². The highest BCUT2D eigenvalue weighted by Crippen LogP contribution is 2.46. The van der Waals surface area contributed by atoms with Gasteiger partial charge in [0, 0.05) is 23.5 Å². The van der Waals surface area contributed by atoms with Crippen LogP contribution < -0.4 is 30.7 Å². The molecule has 52 heavy (non-hydrogen) atoms. The predicted molar refractivity (Wildman–Crippen MR) is 226 cm³/mol. The molecule has 0 amide bonds. The highest BCUT2D eigenvalue weighted by molar-refractivity contribution is 7.73. The van der Waals surface area contributed by atoms with E-state index in [1.54, 1.807) is 0 Å². The predicted octanol–water partition coefficient (Wildman–Crippen LogP) is 10.7. The van der Waals surface area contributed by atoms with Crippen molar-refractivity contribution >= 4 is 58.6 Å². The molecular formula is C48H40O2P2. The van der Waals surface area contributed by atoms with Gasteiger partial charge in [0.05, 0.1) is 13.2 Å². The topological polar surface area (TPSA) is 18.5 Å². The van der Waals surface area contributed by atoms with Gasteiger partial charge in [0.25, 0.3) is 0 Å². The van der Waals surface area contributed by atoms with Crippen LogP contribution in [0.25, 0.3) is 32.7 Å². The Morgan fingerprint density at radius 3 is 0.962 bits per heavy atom. The average Bonchev–Trinajstić information content (AvgIpc) is 3.22. The lowest BCUT2D eigenvalue weighted by molar-refractivity contribution is 0.340. The number of rotatable bonds is 13. The molecule has 0 heterocycles. The molecule has 4 heteroatoms. The Morgan fingerprint density at radius 2 is 0.615 bits per heavy atom. The first kappa shape index (κ1) is 33.9. The minimum Gasteiger partial charge on any atom is -0.493 e. The van der Waals surface area contributed by atoms with E-state index < -0.39 is 15.8 Å². The molecule has 8 aromatic carbocycles. The Labute approximate surface area is 309 Å². The van der Waals surface area contributed by atoms with E-state index in [9.17, 15) is 0 Å². The molecule has 0 radical (unpaired) electrons. The Hall–Kier alpha value is -5.26. The number of fused-ring (bicyclic) bond motifs is 2. The van der Waals surface area contributed by atoms with Crippen molar-refractivity contribution in [1.82, 2.24) is 0 Å². The molecule has 0 aromatic heterocycles. The molecule has 0 N–H and O–H groups in total. The maximum absolute atomic E-state index is 6.90. The van der Waals surface area contributed by atoms with Gasteiger partial charge in [-0.3, -0.25) is 0 Å². The highest BCUT2D eigenvalue weighted by Gasteiger charge is 2.21. The van der Waals surface area contributed by atoms with Gasteiger partial charge in [0.2, 0.25) is 0 Å². The second-order valence-corrected chi connectivity index (χ2v) is 17.3. The van der Waals surface area contributed by atoms with Crippen molar-refractivity contribution in [3.05, 3.63) is 194 Å². The molecule has 0 bridgehead atoms. The van der Waals surface area contributed by atoms with Crippen LogP contribution in [0.3, 0.4) is 0 Å². The van der Waals surface area contributed by atoms with Crippen LogP contribution in [0, 0.1) is 0 Å². The van der Waals surface area contributed by atoms with Crippen LogP contribution in [-0.2, 0) is 0 Å². The lowest BCUT2D eigenvalue weighted by Crippen LogP contribution is -2.17. The van der Waals surface area contributed by atoms with Crippen molar-refractivity contribution in [1.29, 1.82) is 0 Å². The van der Waals surface area contributed by atoms with Gasteiger partial charge in [-0.05, 0) is 70.7 Å². The summed E-state index contributed by atoms with van der Waals surface area (Å²) in [6.07, 6.45) is 1.83. The number of benzene rings is 8. The fourth-order valence-corrected chi connectivity index (χ4v) is 11.3. The first-order valence-electron chi connectivity index (χ1n) is 17.9. The second-order valence-electron chi connectivity index (χ2n) is 12.7. The lowest BCUT2D eigenvalue weighted by atomic mass is 9.92. The smallest absolute Gasteiger partial charge is 0.127 e. The quantitative estimate of drug-likeness (QED) is 0.111. The Morgan fingerprint density at radius 1 is 0.308 bits per heavy atom. The van der Waals surface area contributed by atoms with Gasteiger partial charge < -0.3 is 9.47 Å². The van der Waals surface area contributed by atoms with Crippen LogP contribution in [0.4, 0.5) is 0 Å². The van der Waals surface area contributed by atoms with Crippen LogP contribution in [0.5, 0.6) is 11.5 Å².